The smallest absolute Gasteiger partial charge is 0.251 e. The maximum absolute atomic E-state index is 12.2. The van der Waals surface area contributed by atoms with Crippen LogP contribution >= 0.6 is 0 Å². The Kier molecular flexibility index (Phi) is 5.45. The van der Waals surface area contributed by atoms with Crippen LogP contribution in [0.5, 0.6) is 11.5 Å². The molecular weight excluding hydrogens is 254 g/mol. The fourth-order valence-electron chi connectivity index (χ4n) is 1.52. The van der Waals surface area contributed by atoms with Gasteiger partial charge in [0.25, 0.3) is 5.91 Å². The number of hydrogen-bond donors (Lipinski definition) is 1. The molecule has 0 fully saturated rings. The second-order valence-corrected chi connectivity index (χ2v) is 5.05. The van der Waals surface area contributed by atoms with E-state index in [-0.39, 0.29) is 18.1 Å². The summed E-state index contributed by atoms with van der Waals surface area (Å²) in [7, 11) is 1.52. The highest BCUT2D eigenvalue weighted by molar-refractivity contribution is 5.95. The highest BCUT2D eigenvalue weighted by Gasteiger charge is 2.19. The second kappa shape index (κ2) is 6.85. The molecule has 1 amide bonds. The van der Waals surface area contributed by atoms with E-state index in [2.05, 4.69) is 11.2 Å². The third kappa shape index (κ3) is 4.20. The topological polar surface area (TPSA) is 47.6 Å². The Morgan fingerprint density at radius 1 is 1.40 bits per heavy atom. The second-order valence-electron chi connectivity index (χ2n) is 5.05. The van der Waals surface area contributed by atoms with Gasteiger partial charge < -0.3 is 14.8 Å². The van der Waals surface area contributed by atoms with Crippen LogP contribution in [0.15, 0.2) is 18.2 Å². The van der Waals surface area contributed by atoms with Crippen molar-refractivity contribution in [3.05, 3.63) is 23.8 Å². The molecule has 0 aliphatic rings. The van der Waals surface area contributed by atoms with E-state index in [9.17, 15) is 4.79 Å². The van der Waals surface area contributed by atoms with Crippen LogP contribution in [0.2, 0.25) is 0 Å². The van der Waals surface area contributed by atoms with Gasteiger partial charge in [-0.2, -0.15) is 0 Å². The molecule has 0 aliphatic carbocycles. The molecule has 1 aromatic rings. The molecular formula is C16H21NO3. The molecule has 0 saturated carbocycles. The van der Waals surface area contributed by atoms with Crippen molar-refractivity contribution in [3.63, 3.8) is 0 Å². The molecule has 108 valence electrons. The molecule has 0 atom stereocenters. The Bertz CT molecular complexity index is 515. The van der Waals surface area contributed by atoms with Crippen molar-refractivity contribution in [1.82, 2.24) is 5.32 Å². The summed E-state index contributed by atoms with van der Waals surface area (Å²) in [6, 6.07) is 5.02. The highest BCUT2D eigenvalue weighted by Crippen LogP contribution is 2.28. The van der Waals surface area contributed by atoms with E-state index in [4.69, 9.17) is 15.9 Å². The van der Waals surface area contributed by atoms with Gasteiger partial charge in [-0.25, -0.2) is 0 Å². The first-order chi connectivity index (χ1) is 9.43. The van der Waals surface area contributed by atoms with Gasteiger partial charge in [0.1, 0.15) is 6.61 Å². The summed E-state index contributed by atoms with van der Waals surface area (Å²) in [6.07, 6.45) is 6.00. The molecule has 4 heteroatoms. The molecule has 20 heavy (non-hydrogen) atoms. The summed E-state index contributed by atoms with van der Waals surface area (Å²) in [5.74, 6) is 3.26. The predicted molar refractivity (Wildman–Crippen MR) is 79.2 cm³/mol. The average molecular weight is 275 g/mol. The normalized spacial score (nSPS) is 10.6. The summed E-state index contributed by atoms with van der Waals surface area (Å²) in [5.41, 5.74) is 0.277. The average Bonchev–Trinajstić information content (AvgIpc) is 2.44. The maximum Gasteiger partial charge on any atom is 0.251 e. The third-order valence-corrected chi connectivity index (χ3v) is 3.07. The number of amides is 1. The molecule has 1 rings (SSSR count). The molecule has 0 bridgehead atoms. The van der Waals surface area contributed by atoms with E-state index >= 15 is 0 Å². The summed E-state index contributed by atoms with van der Waals surface area (Å²) in [6.45, 7) is 6.14. The van der Waals surface area contributed by atoms with Crippen molar-refractivity contribution in [2.24, 2.45) is 0 Å². The van der Waals surface area contributed by atoms with Gasteiger partial charge in [0, 0.05) is 11.1 Å². The molecule has 0 aromatic heterocycles. The Morgan fingerprint density at radius 3 is 2.65 bits per heavy atom. The summed E-state index contributed by atoms with van der Waals surface area (Å²) >= 11 is 0. The van der Waals surface area contributed by atoms with Crippen LogP contribution in [0, 0.1) is 12.3 Å². The SMILES string of the molecule is C#CCOc1ccc(C(=O)NC(C)(C)CC)cc1OC. The molecule has 1 N–H and O–H groups in total. The van der Waals surface area contributed by atoms with Gasteiger partial charge in [-0.1, -0.05) is 12.8 Å². The summed E-state index contributed by atoms with van der Waals surface area (Å²) in [4.78, 5) is 12.2. The molecule has 4 nitrogen and oxygen atoms in total. The number of rotatable bonds is 6. The zero-order valence-corrected chi connectivity index (χ0v) is 12.4. The van der Waals surface area contributed by atoms with Crippen LogP contribution in [0.4, 0.5) is 0 Å². The number of ether oxygens (including phenoxy) is 2. The van der Waals surface area contributed by atoms with Gasteiger partial charge in [0.05, 0.1) is 7.11 Å². The largest absolute Gasteiger partial charge is 0.493 e. The minimum Gasteiger partial charge on any atom is -0.493 e. The molecule has 1 aromatic carbocycles. The van der Waals surface area contributed by atoms with Gasteiger partial charge in [-0.05, 0) is 38.5 Å². The molecule has 0 spiro atoms. The zero-order valence-electron chi connectivity index (χ0n) is 12.4. The fraction of sp³-hybridized carbons (Fsp3) is 0.438. The third-order valence-electron chi connectivity index (χ3n) is 3.07. The number of carbonyl (C=O) groups excluding carboxylic acids is 1. The Labute approximate surface area is 120 Å². The van der Waals surface area contributed by atoms with Gasteiger partial charge in [-0.15, -0.1) is 6.42 Å². The van der Waals surface area contributed by atoms with Gasteiger partial charge in [0.2, 0.25) is 0 Å². The fourth-order valence-corrected chi connectivity index (χ4v) is 1.52. The van der Waals surface area contributed by atoms with Crippen LogP contribution < -0.4 is 14.8 Å². The van der Waals surface area contributed by atoms with Crippen molar-refractivity contribution in [1.29, 1.82) is 0 Å². The van der Waals surface area contributed by atoms with Crippen molar-refractivity contribution in [2.45, 2.75) is 32.7 Å². The lowest BCUT2D eigenvalue weighted by molar-refractivity contribution is 0.0911. The van der Waals surface area contributed by atoms with E-state index in [1.165, 1.54) is 7.11 Å². The molecule has 0 radical (unpaired) electrons. The van der Waals surface area contributed by atoms with Crippen LogP contribution in [-0.2, 0) is 0 Å². The minimum absolute atomic E-state index is 0.140. The molecule has 0 aliphatic heterocycles. The van der Waals surface area contributed by atoms with E-state index in [0.29, 0.717) is 17.1 Å². The van der Waals surface area contributed by atoms with Gasteiger partial charge >= 0.3 is 0 Å². The van der Waals surface area contributed by atoms with E-state index in [1.807, 2.05) is 20.8 Å². The highest BCUT2D eigenvalue weighted by atomic mass is 16.5. The van der Waals surface area contributed by atoms with Crippen molar-refractivity contribution >= 4 is 5.91 Å². The first kappa shape index (κ1) is 15.9. The Hall–Kier alpha value is -2.15. The van der Waals surface area contributed by atoms with Crippen molar-refractivity contribution < 1.29 is 14.3 Å². The Balaban J connectivity index is 2.92. The first-order valence-electron chi connectivity index (χ1n) is 6.50. The number of nitrogens with one attached hydrogen (secondary N) is 1. The molecule has 0 saturated heterocycles. The van der Waals surface area contributed by atoms with Crippen LogP contribution in [0.1, 0.15) is 37.6 Å². The monoisotopic (exact) mass is 275 g/mol. The lowest BCUT2D eigenvalue weighted by atomic mass is 10.0. The summed E-state index contributed by atoms with van der Waals surface area (Å²) in [5, 5.41) is 2.97. The standard InChI is InChI=1S/C16H21NO3/c1-6-10-20-13-9-8-12(11-14(13)19-5)15(18)17-16(3,4)7-2/h1,8-9,11H,7,10H2,2-5H3,(H,17,18). The van der Waals surface area contributed by atoms with E-state index in [0.717, 1.165) is 6.42 Å². The van der Waals surface area contributed by atoms with Gasteiger partial charge in [0.15, 0.2) is 11.5 Å². The van der Waals surface area contributed by atoms with Crippen molar-refractivity contribution in [3.8, 4) is 23.8 Å². The molecule has 0 heterocycles. The predicted octanol–water partition coefficient (Wildman–Crippen LogP) is 2.63. The van der Waals surface area contributed by atoms with Crippen LogP contribution in [-0.4, -0.2) is 25.2 Å². The minimum atomic E-state index is -0.247. The van der Waals surface area contributed by atoms with Crippen LogP contribution in [0.3, 0.4) is 0 Å². The summed E-state index contributed by atoms with van der Waals surface area (Å²) < 4.78 is 10.6. The number of benzene rings is 1. The maximum atomic E-state index is 12.2. The molecule has 0 unspecified atom stereocenters. The number of terminal acetylenes is 1. The number of methoxy groups -OCH3 is 1. The van der Waals surface area contributed by atoms with E-state index in [1.54, 1.807) is 18.2 Å². The van der Waals surface area contributed by atoms with Crippen LogP contribution in [0.25, 0.3) is 0 Å². The number of carbonyl (C=O) groups is 1. The lowest BCUT2D eigenvalue weighted by Gasteiger charge is -2.24. The van der Waals surface area contributed by atoms with Crippen molar-refractivity contribution in [2.75, 3.05) is 13.7 Å². The first-order valence-corrected chi connectivity index (χ1v) is 6.50. The van der Waals surface area contributed by atoms with Gasteiger partial charge in [-0.3, -0.25) is 4.79 Å². The zero-order chi connectivity index (χ0) is 15.2. The Morgan fingerprint density at radius 2 is 2.10 bits per heavy atom. The quantitative estimate of drug-likeness (QED) is 0.812. The number of hydrogen-bond acceptors (Lipinski definition) is 3. The lowest BCUT2D eigenvalue weighted by Crippen LogP contribution is -2.42. The van der Waals surface area contributed by atoms with E-state index < -0.39 is 0 Å².